The van der Waals surface area contributed by atoms with Crippen LogP contribution in [0.25, 0.3) is 0 Å². The molecule has 0 radical (unpaired) electrons. The summed E-state index contributed by atoms with van der Waals surface area (Å²) in [5.41, 5.74) is 0.494. The second kappa shape index (κ2) is 3.94. The van der Waals surface area contributed by atoms with E-state index < -0.39 is 15.6 Å². The Balaban J connectivity index is 3.02. The van der Waals surface area contributed by atoms with Gasteiger partial charge < -0.3 is 0 Å². The molecule has 3 nitrogen and oxygen atoms in total. The molecule has 0 fully saturated rings. The first-order valence-electron chi connectivity index (χ1n) is 4.77. The summed E-state index contributed by atoms with van der Waals surface area (Å²) in [6.07, 6.45) is 0. The van der Waals surface area contributed by atoms with Gasteiger partial charge in [0.05, 0.1) is 10.5 Å². The van der Waals surface area contributed by atoms with Gasteiger partial charge in [-0.2, -0.15) is 0 Å². The van der Waals surface area contributed by atoms with Crippen LogP contribution in [-0.4, -0.2) is 9.81 Å². The standard InChI is InChI=1S/C11H17NO2S/c1-9-5-7-10(8-6-9)15(12,13)14-11(2,3)4/h5-8,12H,1-4H3. The average Bonchev–Trinajstić information content (AvgIpc) is 2.00. The minimum Gasteiger partial charge on any atom is -0.276 e. The van der Waals surface area contributed by atoms with Gasteiger partial charge in [-0.1, -0.05) is 17.7 Å². The van der Waals surface area contributed by atoms with Gasteiger partial charge in [0.2, 0.25) is 0 Å². The van der Waals surface area contributed by atoms with Crippen LogP contribution in [0.1, 0.15) is 26.3 Å². The number of rotatable bonds is 2. The highest BCUT2D eigenvalue weighted by Crippen LogP contribution is 2.20. The van der Waals surface area contributed by atoms with Crippen molar-refractivity contribution in [2.24, 2.45) is 0 Å². The fraction of sp³-hybridized carbons (Fsp3) is 0.455. The zero-order chi connectivity index (χ0) is 11.7. The molecule has 0 amide bonds. The van der Waals surface area contributed by atoms with Crippen LogP contribution < -0.4 is 0 Å². The van der Waals surface area contributed by atoms with Gasteiger partial charge >= 0.3 is 0 Å². The van der Waals surface area contributed by atoms with Gasteiger partial charge in [0.25, 0.3) is 0 Å². The van der Waals surface area contributed by atoms with E-state index in [1.807, 2.05) is 19.1 Å². The summed E-state index contributed by atoms with van der Waals surface area (Å²) >= 11 is 0. The van der Waals surface area contributed by atoms with Crippen LogP contribution in [0, 0.1) is 11.7 Å². The molecular formula is C11H17NO2S. The minimum absolute atomic E-state index is 0.419. The molecule has 84 valence electrons. The van der Waals surface area contributed by atoms with E-state index in [0.717, 1.165) is 5.56 Å². The van der Waals surface area contributed by atoms with Crippen molar-refractivity contribution >= 4 is 10.0 Å². The zero-order valence-electron chi connectivity index (χ0n) is 9.53. The van der Waals surface area contributed by atoms with E-state index >= 15 is 0 Å². The van der Waals surface area contributed by atoms with Crippen LogP contribution in [0.15, 0.2) is 29.2 Å². The van der Waals surface area contributed by atoms with Crippen molar-refractivity contribution < 1.29 is 8.39 Å². The first-order valence-corrected chi connectivity index (χ1v) is 6.25. The maximum atomic E-state index is 12.0. The Morgan fingerprint density at radius 1 is 1.20 bits per heavy atom. The van der Waals surface area contributed by atoms with Crippen LogP contribution in [0.2, 0.25) is 0 Å². The topological polar surface area (TPSA) is 50.2 Å². The summed E-state index contributed by atoms with van der Waals surface area (Å²) in [5, 5.41) is 0. The lowest BCUT2D eigenvalue weighted by Crippen LogP contribution is -2.23. The molecule has 1 aromatic rings. The Labute approximate surface area is 91.6 Å². The highest BCUT2D eigenvalue weighted by molar-refractivity contribution is 7.87. The molecule has 0 bridgehead atoms. The summed E-state index contributed by atoms with van der Waals surface area (Å²) in [4.78, 5) is 0.419. The third kappa shape index (κ3) is 3.64. The quantitative estimate of drug-likeness (QED) is 0.843. The minimum atomic E-state index is -3.13. The number of aryl methyl sites for hydroxylation is 1. The molecule has 0 spiro atoms. The molecule has 1 unspecified atom stereocenters. The van der Waals surface area contributed by atoms with Crippen LogP contribution in [0.5, 0.6) is 0 Å². The fourth-order valence-corrected chi connectivity index (χ4v) is 2.41. The molecule has 4 heteroatoms. The fourth-order valence-electron chi connectivity index (χ4n) is 1.12. The largest absolute Gasteiger partial charge is 0.276 e. The molecule has 15 heavy (non-hydrogen) atoms. The second-order valence-corrected chi connectivity index (χ2v) is 6.16. The summed E-state index contributed by atoms with van der Waals surface area (Å²) in [6.45, 7) is 7.31. The van der Waals surface area contributed by atoms with E-state index in [1.54, 1.807) is 32.9 Å². The van der Waals surface area contributed by atoms with Gasteiger partial charge in [0, 0.05) is 0 Å². The predicted molar refractivity (Wildman–Crippen MR) is 61.1 cm³/mol. The van der Waals surface area contributed by atoms with Gasteiger partial charge in [-0.15, -0.1) is 0 Å². The molecule has 0 aliphatic rings. The van der Waals surface area contributed by atoms with Crippen LogP contribution in [0.3, 0.4) is 0 Å². The van der Waals surface area contributed by atoms with Crippen molar-refractivity contribution in [3.05, 3.63) is 29.8 Å². The third-order valence-corrected chi connectivity index (χ3v) is 3.33. The Morgan fingerprint density at radius 2 is 1.67 bits per heavy atom. The van der Waals surface area contributed by atoms with E-state index in [0.29, 0.717) is 4.90 Å². The molecule has 1 rings (SSSR count). The Kier molecular flexibility index (Phi) is 3.21. The zero-order valence-corrected chi connectivity index (χ0v) is 10.4. The number of nitrogens with one attached hydrogen (secondary N) is 1. The van der Waals surface area contributed by atoms with Crippen molar-refractivity contribution in [1.29, 1.82) is 4.78 Å². The van der Waals surface area contributed by atoms with Crippen LogP contribution in [0.4, 0.5) is 0 Å². The first-order chi connectivity index (χ1) is 6.71. The highest BCUT2D eigenvalue weighted by Gasteiger charge is 2.20. The maximum absolute atomic E-state index is 12.0. The number of hydrogen-bond donors (Lipinski definition) is 1. The summed E-state index contributed by atoms with van der Waals surface area (Å²) in [6, 6.07) is 7.01. The smallest absolute Gasteiger partial charge is 0.191 e. The van der Waals surface area contributed by atoms with Gasteiger partial charge in [0.15, 0.2) is 10.0 Å². The van der Waals surface area contributed by atoms with E-state index in [4.69, 9.17) is 8.96 Å². The monoisotopic (exact) mass is 227 g/mol. The molecule has 0 aliphatic carbocycles. The van der Waals surface area contributed by atoms with E-state index in [-0.39, 0.29) is 0 Å². The molecular weight excluding hydrogens is 210 g/mol. The van der Waals surface area contributed by atoms with Gasteiger partial charge in [-0.25, -0.2) is 8.99 Å². The van der Waals surface area contributed by atoms with Gasteiger partial charge in [0.1, 0.15) is 0 Å². The molecule has 0 aliphatic heterocycles. The normalized spacial score (nSPS) is 16.0. The Bertz CT molecular complexity index is 427. The highest BCUT2D eigenvalue weighted by atomic mass is 32.2. The Morgan fingerprint density at radius 3 is 2.07 bits per heavy atom. The van der Waals surface area contributed by atoms with Crippen LogP contribution >= 0.6 is 0 Å². The van der Waals surface area contributed by atoms with E-state index in [1.165, 1.54) is 0 Å². The van der Waals surface area contributed by atoms with E-state index in [9.17, 15) is 4.21 Å². The third-order valence-electron chi connectivity index (χ3n) is 1.70. The van der Waals surface area contributed by atoms with Crippen molar-refractivity contribution in [2.75, 3.05) is 0 Å². The van der Waals surface area contributed by atoms with Gasteiger partial charge in [-0.05, 0) is 39.8 Å². The summed E-state index contributed by atoms with van der Waals surface area (Å²) in [5.74, 6) is 0. The lowest BCUT2D eigenvalue weighted by Gasteiger charge is -2.20. The summed E-state index contributed by atoms with van der Waals surface area (Å²) < 4.78 is 24.9. The summed E-state index contributed by atoms with van der Waals surface area (Å²) in [7, 11) is -3.13. The van der Waals surface area contributed by atoms with Crippen molar-refractivity contribution in [3.63, 3.8) is 0 Å². The van der Waals surface area contributed by atoms with Crippen molar-refractivity contribution in [2.45, 2.75) is 38.2 Å². The Hall–Kier alpha value is -0.870. The molecule has 0 aromatic heterocycles. The van der Waals surface area contributed by atoms with Crippen LogP contribution in [-0.2, 0) is 14.2 Å². The lowest BCUT2D eigenvalue weighted by molar-refractivity contribution is 0.147. The molecule has 0 heterocycles. The van der Waals surface area contributed by atoms with Crippen molar-refractivity contribution in [1.82, 2.24) is 0 Å². The SMILES string of the molecule is Cc1ccc(S(=N)(=O)OC(C)(C)C)cc1. The molecule has 0 saturated heterocycles. The maximum Gasteiger partial charge on any atom is 0.191 e. The predicted octanol–water partition coefficient (Wildman–Crippen LogP) is 3.13. The number of benzene rings is 1. The lowest BCUT2D eigenvalue weighted by atomic mass is 10.2. The molecule has 0 saturated carbocycles. The van der Waals surface area contributed by atoms with Gasteiger partial charge in [-0.3, -0.25) is 4.18 Å². The first kappa shape index (κ1) is 12.2. The molecule has 1 N–H and O–H groups in total. The second-order valence-electron chi connectivity index (χ2n) is 4.51. The number of hydrogen-bond acceptors (Lipinski definition) is 3. The van der Waals surface area contributed by atoms with E-state index in [2.05, 4.69) is 0 Å². The average molecular weight is 227 g/mol. The van der Waals surface area contributed by atoms with Crippen molar-refractivity contribution in [3.8, 4) is 0 Å². The molecule has 1 aromatic carbocycles. The molecule has 1 atom stereocenters.